The van der Waals surface area contributed by atoms with Gasteiger partial charge in [0, 0.05) is 12.5 Å². The maximum atomic E-state index is 5.64. The molecule has 1 unspecified atom stereocenters. The van der Waals surface area contributed by atoms with Gasteiger partial charge in [-0.15, -0.1) is 0 Å². The van der Waals surface area contributed by atoms with E-state index in [1.54, 1.807) is 0 Å². The van der Waals surface area contributed by atoms with E-state index in [0.717, 1.165) is 37.8 Å². The van der Waals surface area contributed by atoms with Crippen LogP contribution < -0.4 is 11.5 Å². The number of hydrogen-bond acceptors (Lipinski definition) is 2. The van der Waals surface area contributed by atoms with E-state index in [1.165, 1.54) is 0 Å². The summed E-state index contributed by atoms with van der Waals surface area (Å²) in [5.41, 5.74) is 12.1. The number of unbranched alkanes of at least 4 members (excludes halogenated alkanes) is 1. The molecule has 0 radical (unpaired) electrons. The van der Waals surface area contributed by atoms with E-state index in [0.29, 0.717) is 0 Å². The van der Waals surface area contributed by atoms with Gasteiger partial charge < -0.3 is 11.5 Å². The molecule has 0 heterocycles. The van der Waals surface area contributed by atoms with Gasteiger partial charge in [0.15, 0.2) is 0 Å². The predicted molar refractivity (Wildman–Crippen MR) is 62.7 cm³/mol. The van der Waals surface area contributed by atoms with Crippen LogP contribution in [0.25, 0.3) is 0 Å². The molecule has 0 saturated heterocycles. The molecule has 0 rings (SSSR count). The van der Waals surface area contributed by atoms with Crippen molar-refractivity contribution >= 4 is 0 Å². The van der Waals surface area contributed by atoms with E-state index in [1.807, 2.05) is 13.8 Å². The molecule has 2 heteroatoms. The molecule has 0 saturated carbocycles. The normalized spacial score (nSPS) is 13.3. The quantitative estimate of drug-likeness (QED) is 0.518. The standard InChI is InChI=1S/C12H22N2/c1-11(7-4-3-5-10-13)8-6-9-12(2)14/h8,12H,3,5-6,9-10,13-14H2,1-2H3/b11-8+. The Morgan fingerprint density at radius 1 is 1.50 bits per heavy atom. The summed E-state index contributed by atoms with van der Waals surface area (Å²) in [5.74, 6) is 6.20. The van der Waals surface area contributed by atoms with Crippen LogP contribution in [0.4, 0.5) is 0 Å². The van der Waals surface area contributed by atoms with Crippen molar-refractivity contribution in [2.24, 2.45) is 11.5 Å². The van der Waals surface area contributed by atoms with Crippen LogP contribution in [0, 0.1) is 11.8 Å². The minimum absolute atomic E-state index is 0.282. The summed E-state index contributed by atoms with van der Waals surface area (Å²) in [5, 5.41) is 0. The van der Waals surface area contributed by atoms with Crippen LogP contribution in [-0.4, -0.2) is 12.6 Å². The molecule has 4 N–H and O–H groups in total. The first kappa shape index (κ1) is 13.2. The second-order valence-corrected chi connectivity index (χ2v) is 3.64. The van der Waals surface area contributed by atoms with Gasteiger partial charge in [-0.3, -0.25) is 0 Å². The molecule has 0 fully saturated rings. The lowest BCUT2D eigenvalue weighted by Crippen LogP contribution is -2.13. The third kappa shape index (κ3) is 9.31. The first-order valence-corrected chi connectivity index (χ1v) is 5.28. The van der Waals surface area contributed by atoms with Crippen LogP contribution in [-0.2, 0) is 0 Å². The summed E-state index contributed by atoms with van der Waals surface area (Å²) in [7, 11) is 0. The smallest absolute Gasteiger partial charge is 0.0104 e. The van der Waals surface area contributed by atoms with Crippen LogP contribution in [0.2, 0.25) is 0 Å². The number of rotatable bonds is 5. The van der Waals surface area contributed by atoms with Crippen LogP contribution in [0.5, 0.6) is 0 Å². The Morgan fingerprint density at radius 3 is 2.79 bits per heavy atom. The lowest BCUT2D eigenvalue weighted by molar-refractivity contribution is 0.675. The number of nitrogens with two attached hydrogens (primary N) is 2. The Balaban J connectivity index is 3.68. The van der Waals surface area contributed by atoms with E-state index in [9.17, 15) is 0 Å². The van der Waals surface area contributed by atoms with Crippen molar-refractivity contribution in [2.45, 2.75) is 45.6 Å². The van der Waals surface area contributed by atoms with Gasteiger partial charge in [-0.05, 0) is 45.2 Å². The van der Waals surface area contributed by atoms with Gasteiger partial charge in [-0.1, -0.05) is 17.9 Å². The summed E-state index contributed by atoms with van der Waals surface area (Å²) in [4.78, 5) is 0. The molecule has 2 nitrogen and oxygen atoms in total. The highest BCUT2D eigenvalue weighted by atomic mass is 14.6. The molecule has 0 aromatic rings. The molecule has 0 aliphatic rings. The molecular formula is C12H22N2. The van der Waals surface area contributed by atoms with Gasteiger partial charge in [0.05, 0.1) is 0 Å². The van der Waals surface area contributed by atoms with Gasteiger partial charge in [-0.25, -0.2) is 0 Å². The molecule has 0 amide bonds. The fourth-order valence-electron chi connectivity index (χ4n) is 1.01. The van der Waals surface area contributed by atoms with E-state index in [4.69, 9.17) is 11.5 Å². The van der Waals surface area contributed by atoms with E-state index in [2.05, 4.69) is 17.9 Å². The molecule has 0 spiro atoms. The Labute approximate surface area is 87.7 Å². The summed E-state index contributed by atoms with van der Waals surface area (Å²) in [6.45, 7) is 4.79. The maximum Gasteiger partial charge on any atom is 0.0104 e. The van der Waals surface area contributed by atoms with Gasteiger partial charge >= 0.3 is 0 Å². The highest BCUT2D eigenvalue weighted by molar-refractivity contribution is 5.26. The minimum Gasteiger partial charge on any atom is -0.330 e. The van der Waals surface area contributed by atoms with Crippen molar-refractivity contribution in [1.82, 2.24) is 0 Å². The molecule has 0 aliphatic carbocycles. The molecule has 80 valence electrons. The van der Waals surface area contributed by atoms with Crippen LogP contribution in [0.1, 0.15) is 39.5 Å². The molecule has 0 aliphatic heterocycles. The maximum absolute atomic E-state index is 5.64. The third-order valence-electron chi connectivity index (χ3n) is 1.86. The first-order valence-electron chi connectivity index (χ1n) is 5.28. The third-order valence-corrected chi connectivity index (χ3v) is 1.86. The largest absolute Gasteiger partial charge is 0.330 e. The second kappa shape index (κ2) is 8.80. The fourth-order valence-corrected chi connectivity index (χ4v) is 1.01. The summed E-state index contributed by atoms with van der Waals surface area (Å²) in [6.07, 6.45) is 6.09. The van der Waals surface area contributed by atoms with Crippen molar-refractivity contribution < 1.29 is 0 Å². The Hall–Kier alpha value is -0.780. The monoisotopic (exact) mass is 194 g/mol. The zero-order valence-electron chi connectivity index (χ0n) is 9.34. The van der Waals surface area contributed by atoms with E-state index < -0.39 is 0 Å². The van der Waals surface area contributed by atoms with Crippen molar-refractivity contribution in [3.05, 3.63) is 11.6 Å². The zero-order valence-corrected chi connectivity index (χ0v) is 9.34. The van der Waals surface area contributed by atoms with Crippen molar-refractivity contribution in [2.75, 3.05) is 6.54 Å². The summed E-state index contributed by atoms with van der Waals surface area (Å²) in [6, 6.07) is 0.282. The Kier molecular flexibility index (Phi) is 8.31. The van der Waals surface area contributed by atoms with Gasteiger partial charge in [0.1, 0.15) is 0 Å². The highest BCUT2D eigenvalue weighted by Gasteiger charge is 1.90. The molecular weight excluding hydrogens is 172 g/mol. The summed E-state index contributed by atoms with van der Waals surface area (Å²) < 4.78 is 0. The number of allylic oxidation sites excluding steroid dienone is 2. The second-order valence-electron chi connectivity index (χ2n) is 3.64. The molecule has 1 atom stereocenters. The van der Waals surface area contributed by atoms with Crippen LogP contribution in [0.3, 0.4) is 0 Å². The molecule has 0 aromatic heterocycles. The zero-order chi connectivity index (χ0) is 10.8. The van der Waals surface area contributed by atoms with Crippen LogP contribution >= 0.6 is 0 Å². The lowest BCUT2D eigenvalue weighted by Gasteiger charge is -1.99. The number of hydrogen-bond donors (Lipinski definition) is 2. The topological polar surface area (TPSA) is 52.0 Å². The lowest BCUT2D eigenvalue weighted by atomic mass is 10.1. The van der Waals surface area contributed by atoms with Crippen molar-refractivity contribution in [3.8, 4) is 11.8 Å². The van der Waals surface area contributed by atoms with Gasteiger partial charge in [0.25, 0.3) is 0 Å². The van der Waals surface area contributed by atoms with Crippen LogP contribution in [0.15, 0.2) is 11.6 Å². The average Bonchev–Trinajstić information content (AvgIpc) is 2.12. The highest BCUT2D eigenvalue weighted by Crippen LogP contribution is 1.99. The minimum atomic E-state index is 0.282. The summed E-state index contributed by atoms with van der Waals surface area (Å²) >= 11 is 0. The Bertz CT molecular complexity index is 218. The van der Waals surface area contributed by atoms with Gasteiger partial charge in [0.2, 0.25) is 0 Å². The molecule has 0 aromatic carbocycles. The van der Waals surface area contributed by atoms with Gasteiger partial charge in [-0.2, -0.15) is 0 Å². The predicted octanol–water partition coefficient (Wildman–Crippen LogP) is 1.80. The van der Waals surface area contributed by atoms with Crippen molar-refractivity contribution in [3.63, 3.8) is 0 Å². The van der Waals surface area contributed by atoms with Crippen molar-refractivity contribution in [1.29, 1.82) is 0 Å². The van der Waals surface area contributed by atoms with E-state index in [-0.39, 0.29) is 6.04 Å². The Morgan fingerprint density at radius 2 is 2.21 bits per heavy atom. The van der Waals surface area contributed by atoms with E-state index >= 15 is 0 Å². The molecule has 0 bridgehead atoms. The molecule has 14 heavy (non-hydrogen) atoms. The SMILES string of the molecule is C/C(C#CCCCN)=C\CCC(C)N. The average molecular weight is 194 g/mol. The fraction of sp³-hybridized carbons (Fsp3) is 0.667. The first-order chi connectivity index (χ1) is 6.66.